The maximum Gasteiger partial charge on any atom is 0.257 e. The van der Waals surface area contributed by atoms with Gasteiger partial charge in [-0.3, -0.25) is 4.79 Å². The van der Waals surface area contributed by atoms with Crippen LogP contribution in [0.3, 0.4) is 0 Å². The zero-order valence-electron chi connectivity index (χ0n) is 14.2. The van der Waals surface area contributed by atoms with Crippen LogP contribution in [0.25, 0.3) is 0 Å². The average Bonchev–Trinajstić information content (AvgIpc) is 2.50. The van der Waals surface area contributed by atoms with Crippen molar-refractivity contribution in [1.29, 1.82) is 0 Å². The number of unbranched alkanes of at least 4 members (excludes halogenated alkanes) is 1. The molecule has 4 heteroatoms. The molecule has 0 saturated heterocycles. The van der Waals surface area contributed by atoms with E-state index in [2.05, 4.69) is 19.2 Å². The Labute approximate surface area is 139 Å². The van der Waals surface area contributed by atoms with Gasteiger partial charge in [0.15, 0.2) is 6.61 Å². The van der Waals surface area contributed by atoms with Gasteiger partial charge in [0.1, 0.15) is 5.75 Å². The number of amides is 1. The van der Waals surface area contributed by atoms with Crippen LogP contribution < -0.4 is 10.1 Å². The highest BCUT2D eigenvalue weighted by atomic mass is 35.5. The molecular formula is C18H28ClNO2. The van der Waals surface area contributed by atoms with Crippen LogP contribution in [-0.4, -0.2) is 19.1 Å². The summed E-state index contributed by atoms with van der Waals surface area (Å²) in [6.45, 7) is 9.00. The lowest BCUT2D eigenvalue weighted by Gasteiger charge is -2.15. The second-order valence-electron chi connectivity index (χ2n) is 5.88. The standard InChI is InChI=1S/C18H28ClNO2/c1-5-7-8-15(6-2)11-20-17(21)12-22-16-9-13(3)18(19)14(4)10-16/h9-10,15H,5-8,11-12H2,1-4H3,(H,20,21)/t15-/m1/s1. The lowest BCUT2D eigenvalue weighted by atomic mass is 9.99. The number of carbonyl (C=O) groups is 1. The Morgan fingerprint density at radius 1 is 1.27 bits per heavy atom. The molecule has 0 aliphatic heterocycles. The van der Waals surface area contributed by atoms with Crippen molar-refractivity contribution in [2.24, 2.45) is 5.92 Å². The molecule has 1 N–H and O–H groups in total. The Morgan fingerprint density at radius 3 is 2.45 bits per heavy atom. The first-order chi connectivity index (χ1) is 10.5. The maximum atomic E-state index is 11.9. The van der Waals surface area contributed by atoms with Gasteiger partial charge in [-0.2, -0.15) is 0 Å². The molecule has 1 amide bonds. The first kappa shape index (κ1) is 18.8. The molecule has 0 radical (unpaired) electrons. The Morgan fingerprint density at radius 2 is 1.91 bits per heavy atom. The van der Waals surface area contributed by atoms with E-state index in [1.807, 2.05) is 26.0 Å². The second-order valence-corrected chi connectivity index (χ2v) is 6.26. The molecule has 0 spiro atoms. The van der Waals surface area contributed by atoms with Crippen molar-refractivity contribution in [2.45, 2.75) is 53.4 Å². The first-order valence-electron chi connectivity index (χ1n) is 8.14. The zero-order valence-corrected chi connectivity index (χ0v) is 14.9. The molecule has 0 heterocycles. The number of hydrogen-bond donors (Lipinski definition) is 1. The summed E-state index contributed by atoms with van der Waals surface area (Å²) >= 11 is 6.12. The van der Waals surface area contributed by atoms with Crippen LogP contribution in [0.15, 0.2) is 12.1 Å². The Bertz CT molecular complexity index is 465. The SMILES string of the molecule is CCCC[C@@H](CC)CNC(=O)COc1cc(C)c(Cl)c(C)c1. The molecule has 1 aromatic carbocycles. The number of rotatable bonds is 9. The quantitative estimate of drug-likeness (QED) is 0.716. The fraction of sp³-hybridized carbons (Fsp3) is 0.611. The summed E-state index contributed by atoms with van der Waals surface area (Å²) in [6.07, 6.45) is 4.68. The van der Waals surface area contributed by atoms with E-state index in [4.69, 9.17) is 16.3 Å². The molecule has 1 rings (SSSR count). The van der Waals surface area contributed by atoms with E-state index in [9.17, 15) is 4.79 Å². The van der Waals surface area contributed by atoms with E-state index in [0.717, 1.165) is 29.1 Å². The summed E-state index contributed by atoms with van der Waals surface area (Å²) in [6, 6.07) is 3.72. The van der Waals surface area contributed by atoms with E-state index in [0.29, 0.717) is 11.7 Å². The fourth-order valence-corrected chi connectivity index (χ4v) is 2.50. The van der Waals surface area contributed by atoms with Crippen molar-refractivity contribution in [2.75, 3.05) is 13.2 Å². The van der Waals surface area contributed by atoms with Gasteiger partial charge in [0.2, 0.25) is 0 Å². The molecule has 3 nitrogen and oxygen atoms in total. The highest BCUT2D eigenvalue weighted by Gasteiger charge is 2.10. The number of carbonyl (C=O) groups excluding carboxylic acids is 1. The van der Waals surface area contributed by atoms with Crippen molar-refractivity contribution in [3.05, 3.63) is 28.3 Å². The topological polar surface area (TPSA) is 38.3 Å². The number of ether oxygens (including phenoxy) is 1. The van der Waals surface area contributed by atoms with Crippen LogP contribution in [0.2, 0.25) is 5.02 Å². The Kier molecular flexibility index (Phi) is 8.32. The van der Waals surface area contributed by atoms with Crippen molar-refractivity contribution in [1.82, 2.24) is 5.32 Å². The lowest BCUT2D eigenvalue weighted by molar-refractivity contribution is -0.123. The van der Waals surface area contributed by atoms with Crippen molar-refractivity contribution < 1.29 is 9.53 Å². The summed E-state index contributed by atoms with van der Waals surface area (Å²) in [5, 5.41) is 3.71. The van der Waals surface area contributed by atoms with Crippen LogP contribution in [0.1, 0.15) is 50.7 Å². The molecule has 0 saturated carbocycles. The molecule has 124 valence electrons. The summed E-state index contributed by atoms with van der Waals surface area (Å²) in [5.74, 6) is 1.18. The molecule has 22 heavy (non-hydrogen) atoms. The normalized spacial score (nSPS) is 12.0. The fourth-order valence-electron chi connectivity index (χ4n) is 2.39. The molecular weight excluding hydrogens is 298 g/mol. The highest BCUT2D eigenvalue weighted by Crippen LogP contribution is 2.25. The monoisotopic (exact) mass is 325 g/mol. The van der Waals surface area contributed by atoms with Gasteiger partial charge in [-0.1, -0.05) is 44.7 Å². The lowest BCUT2D eigenvalue weighted by Crippen LogP contribution is -2.33. The van der Waals surface area contributed by atoms with E-state index < -0.39 is 0 Å². The minimum Gasteiger partial charge on any atom is -0.484 e. The van der Waals surface area contributed by atoms with Crippen LogP contribution in [0.5, 0.6) is 5.75 Å². The molecule has 0 aliphatic rings. The van der Waals surface area contributed by atoms with Gasteiger partial charge < -0.3 is 10.1 Å². The maximum absolute atomic E-state index is 11.9. The van der Waals surface area contributed by atoms with Gasteiger partial charge in [-0.05, 0) is 49.4 Å². The summed E-state index contributed by atoms with van der Waals surface area (Å²) in [5.41, 5.74) is 1.92. The van der Waals surface area contributed by atoms with E-state index in [-0.39, 0.29) is 12.5 Å². The third kappa shape index (κ3) is 6.27. The van der Waals surface area contributed by atoms with E-state index >= 15 is 0 Å². The molecule has 0 fully saturated rings. The van der Waals surface area contributed by atoms with Gasteiger partial charge in [0, 0.05) is 11.6 Å². The number of benzene rings is 1. The predicted octanol–water partition coefficient (Wildman–Crippen LogP) is 4.67. The van der Waals surface area contributed by atoms with Crippen LogP contribution >= 0.6 is 11.6 Å². The molecule has 0 unspecified atom stereocenters. The van der Waals surface area contributed by atoms with Gasteiger partial charge in [-0.25, -0.2) is 0 Å². The molecule has 0 bridgehead atoms. The van der Waals surface area contributed by atoms with Crippen molar-refractivity contribution >= 4 is 17.5 Å². The average molecular weight is 326 g/mol. The smallest absolute Gasteiger partial charge is 0.257 e. The molecule has 0 aromatic heterocycles. The molecule has 1 aromatic rings. The Hall–Kier alpha value is -1.22. The highest BCUT2D eigenvalue weighted by molar-refractivity contribution is 6.32. The third-order valence-corrected chi connectivity index (χ3v) is 4.51. The van der Waals surface area contributed by atoms with Crippen LogP contribution in [0, 0.1) is 19.8 Å². The molecule has 1 atom stereocenters. The number of nitrogens with one attached hydrogen (secondary N) is 1. The molecule has 0 aliphatic carbocycles. The van der Waals surface area contributed by atoms with Crippen molar-refractivity contribution in [3.63, 3.8) is 0 Å². The summed E-state index contributed by atoms with van der Waals surface area (Å²) in [7, 11) is 0. The minimum atomic E-state index is -0.0693. The van der Waals surface area contributed by atoms with Crippen LogP contribution in [-0.2, 0) is 4.79 Å². The van der Waals surface area contributed by atoms with Crippen LogP contribution in [0.4, 0.5) is 0 Å². The number of hydrogen-bond acceptors (Lipinski definition) is 2. The van der Waals surface area contributed by atoms with Crippen molar-refractivity contribution in [3.8, 4) is 5.75 Å². The summed E-state index contributed by atoms with van der Waals surface area (Å²) < 4.78 is 5.56. The Balaban J connectivity index is 2.40. The van der Waals surface area contributed by atoms with E-state index in [1.54, 1.807) is 0 Å². The van der Waals surface area contributed by atoms with Gasteiger partial charge >= 0.3 is 0 Å². The first-order valence-corrected chi connectivity index (χ1v) is 8.51. The predicted molar refractivity (Wildman–Crippen MR) is 92.7 cm³/mol. The number of aryl methyl sites for hydroxylation is 2. The number of halogens is 1. The largest absolute Gasteiger partial charge is 0.484 e. The minimum absolute atomic E-state index is 0.0464. The zero-order chi connectivity index (χ0) is 16.5. The van der Waals surface area contributed by atoms with Gasteiger partial charge in [0.05, 0.1) is 0 Å². The van der Waals surface area contributed by atoms with E-state index in [1.165, 1.54) is 19.3 Å². The van der Waals surface area contributed by atoms with Gasteiger partial charge in [-0.15, -0.1) is 0 Å². The summed E-state index contributed by atoms with van der Waals surface area (Å²) in [4.78, 5) is 11.9. The van der Waals surface area contributed by atoms with Gasteiger partial charge in [0.25, 0.3) is 5.91 Å². The third-order valence-electron chi connectivity index (χ3n) is 3.91. The second kappa shape index (κ2) is 9.73.